The summed E-state index contributed by atoms with van der Waals surface area (Å²) in [4.78, 5) is 33.1. The van der Waals surface area contributed by atoms with Crippen molar-refractivity contribution in [3.8, 4) is 11.3 Å². The van der Waals surface area contributed by atoms with Crippen molar-refractivity contribution < 1.29 is 4.79 Å². The molecule has 1 saturated heterocycles. The van der Waals surface area contributed by atoms with E-state index in [1.165, 1.54) is 0 Å². The number of para-hydroxylation sites is 1. The van der Waals surface area contributed by atoms with E-state index >= 15 is 0 Å². The first kappa shape index (κ1) is 19.8. The van der Waals surface area contributed by atoms with Crippen LogP contribution in [-0.4, -0.2) is 37.3 Å². The van der Waals surface area contributed by atoms with E-state index in [0.717, 1.165) is 29.8 Å². The normalized spacial score (nSPS) is 15.5. The highest BCUT2D eigenvalue weighted by Gasteiger charge is 2.33. The number of anilines is 2. The van der Waals surface area contributed by atoms with Gasteiger partial charge in [0, 0.05) is 42.5 Å². The van der Waals surface area contributed by atoms with Gasteiger partial charge >= 0.3 is 0 Å². The second kappa shape index (κ2) is 8.93. The summed E-state index contributed by atoms with van der Waals surface area (Å²) in [6.07, 6.45) is 6.85. The average molecular weight is 422 g/mol. The Morgan fingerprint density at radius 3 is 2.62 bits per heavy atom. The maximum atomic E-state index is 13.1. The Hall–Kier alpha value is -4.13. The van der Waals surface area contributed by atoms with Gasteiger partial charge in [0.1, 0.15) is 11.5 Å². The van der Waals surface area contributed by atoms with Crippen LogP contribution in [0.3, 0.4) is 0 Å². The molecular weight excluding hydrogens is 400 g/mol. The Morgan fingerprint density at radius 2 is 1.84 bits per heavy atom. The van der Waals surface area contributed by atoms with Crippen molar-refractivity contribution in [2.24, 2.45) is 0 Å². The zero-order valence-electron chi connectivity index (χ0n) is 17.4. The van der Waals surface area contributed by atoms with Crippen LogP contribution in [0.5, 0.6) is 0 Å². The Kier molecular flexibility index (Phi) is 5.53. The molecular formula is C25H22N6O. The van der Waals surface area contributed by atoms with Gasteiger partial charge in [0.15, 0.2) is 5.82 Å². The number of hydrogen-bond donors (Lipinski definition) is 1. The van der Waals surface area contributed by atoms with E-state index in [4.69, 9.17) is 9.97 Å². The number of rotatable bonds is 5. The first-order chi connectivity index (χ1) is 15.8. The molecule has 0 saturated carbocycles. The molecule has 1 aromatic carbocycles. The molecule has 1 aliphatic rings. The summed E-state index contributed by atoms with van der Waals surface area (Å²) in [5.74, 6) is 1.20. The van der Waals surface area contributed by atoms with E-state index in [0.29, 0.717) is 23.9 Å². The van der Waals surface area contributed by atoms with E-state index in [1.54, 1.807) is 30.7 Å². The fourth-order valence-corrected chi connectivity index (χ4v) is 3.93. The maximum Gasteiger partial charge on any atom is 0.273 e. The molecule has 0 bridgehead atoms. The zero-order valence-corrected chi connectivity index (χ0v) is 17.4. The number of pyridine rings is 2. The topological polar surface area (TPSA) is 83.9 Å². The van der Waals surface area contributed by atoms with Crippen LogP contribution in [0.4, 0.5) is 11.5 Å². The van der Waals surface area contributed by atoms with Gasteiger partial charge in [0.05, 0.1) is 11.7 Å². The molecule has 1 atom stereocenters. The van der Waals surface area contributed by atoms with E-state index in [-0.39, 0.29) is 11.9 Å². The predicted molar refractivity (Wildman–Crippen MR) is 122 cm³/mol. The first-order valence-corrected chi connectivity index (χ1v) is 10.6. The van der Waals surface area contributed by atoms with Crippen LogP contribution in [0.25, 0.3) is 11.3 Å². The molecule has 0 radical (unpaired) electrons. The molecule has 0 unspecified atom stereocenters. The number of amides is 1. The van der Waals surface area contributed by atoms with Crippen LogP contribution in [0.15, 0.2) is 85.3 Å². The molecule has 7 heteroatoms. The van der Waals surface area contributed by atoms with Crippen molar-refractivity contribution in [1.29, 1.82) is 0 Å². The quantitative estimate of drug-likeness (QED) is 0.504. The lowest BCUT2D eigenvalue weighted by atomic mass is 10.1. The molecule has 0 spiro atoms. The maximum absolute atomic E-state index is 13.1. The van der Waals surface area contributed by atoms with Crippen LogP contribution < -0.4 is 5.32 Å². The van der Waals surface area contributed by atoms with Gasteiger partial charge in [-0.05, 0) is 49.2 Å². The first-order valence-electron chi connectivity index (χ1n) is 10.6. The lowest BCUT2D eigenvalue weighted by Gasteiger charge is -2.24. The van der Waals surface area contributed by atoms with Crippen molar-refractivity contribution in [2.75, 3.05) is 11.9 Å². The smallest absolute Gasteiger partial charge is 0.273 e. The third kappa shape index (κ3) is 4.18. The molecule has 1 aliphatic heterocycles. The molecule has 0 aliphatic carbocycles. The number of nitrogens with zero attached hydrogens (tertiary/aromatic N) is 5. The molecule has 5 rings (SSSR count). The number of nitrogens with one attached hydrogen (secondary N) is 1. The fourth-order valence-electron chi connectivity index (χ4n) is 3.93. The summed E-state index contributed by atoms with van der Waals surface area (Å²) in [6, 6.07) is 20.8. The average Bonchev–Trinajstić information content (AvgIpc) is 3.35. The van der Waals surface area contributed by atoms with E-state index < -0.39 is 0 Å². The van der Waals surface area contributed by atoms with Crippen LogP contribution in [0, 0.1) is 0 Å². The van der Waals surface area contributed by atoms with E-state index in [1.807, 2.05) is 59.5 Å². The Labute approximate surface area is 186 Å². The molecule has 32 heavy (non-hydrogen) atoms. The number of aromatic nitrogens is 4. The molecule has 4 aromatic rings. The van der Waals surface area contributed by atoms with Gasteiger partial charge < -0.3 is 10.2 Å². The lowest BCUT2D eigenvalue weighted by Crippen LogP contribution is -2.32. The number of likely N-dealkylation sites (tertiary alicyclic amines) is 1. The van der Waals surface area contributed by atoms with Crippen LogP contribution in [-0.2, 0) is 0 Å². The van der Waals surface area contributed by atoms with Crippen molar-refractivity contribution in [3.05, 3.63) is 96.8 Å². The summed E-state index contributed by atoms with van der Waals surface area (Å²) in [5.41, 5.74) is 3.03. The third-order valence-electron chi connectivity index (χ3n) is 5.44. The van der Waals surface area contributed by atoms with Gasteiger partial charge in [-0.3, -0.25) is 14.8 Å². The third-order valence-corrected chi connectivity index (χ3v) is 5.44. The Balaban J connectivity index is 1.53. The molecule has 1 amide bonds. The fraction of sp³-hybridized carbons (Fsp3) is 0.160. The predicted octanol–water partition coefficient (Wildman–Crippen LogP) is 4.65. The van der Waals surface area contributed by atoms with Gasteiger partial charge in [-0.1, -0.05) is 24.3 Å². The molecule has 3 aromatic heterocycles. The highest BCUT2D eigenvalue weighted by molar-refractivity contribution is 5.92. The Morgan fingerprint density at radius 1 is 0.969 bits per heavy atom. The summed E-state index contributed by atoms with van der Waals surface area (Å²) >= 11 is 0. The molecule has 4 heterocycles. The number of carbonyl (C=O) groups is 1. The van der Waals surface area contributed by atoms with Gasteiger partial charge in [-0.2, -0.15) is 0 Å². The monoisotopic (exact) mass is 422 g/mol. The van der Waals surface area contributed by atoms with Gasteiger partial charge in [0.2, 0.25) is 0 Å². The summed E-state index contributed by atoms with van der Waals surface area (Å²) < 4.78 is 0. The summed E-state index contributed by atoms with van der Waals surface area (Å²) in [7, 11) is 0. The van der Waals surface area contributed by atoms with E-state index in [9.17, 15) is 4.79 Å². The van der Waals surface area contributed by atoms with Crippen LogP contribution in [0.1, 0.15) is 35.2 Å². The van der Waals surface area contributed by atoms with Crippen molar-refractivity contribution >= 4 is 17.4 Å². The van der Waals surface area contributed by atoms with Gasteiger partial charge in [-0.15, -0.1) is 0 Å². The van der Waals surface area contributed by atoms with Gasteiger partial charge in [0.25, 0.3) is 5.91 Å². The second-order valence-electron chi connectivity index (χ2n) is 7.60. The largest absolute Gasteiger partial charge is 0.340 e. The van der Waals surface area contributed by atoms with Crippen molar-refractivity contribution in [3.63, 3.8) is 0 Å². The Bertz CT molecular complexity index is 1200. The van der Waals surface area contributed by atoms with Crippen molar-refractivity contribution in [1.82, 2.24) is 24.8 Å². The minimum Gasteiger partial charge on any atom is -0.340 e. The summed E-state index contributed by atoms with van der Waals surface area (Å²) in [6.45, 7) is 0.655. The van der Waals surface area contributed by atoms with Crippen LogP contribution >= 0.6 is 0 Å². The minimum absolute atomic E-state index is 0.0963. The number of hydrogen-bond acceptors (Lipinski definition) is 6. The highest BCUT2D eigenvalue weighted by Crippen LogP contribution is 2.33. The number of benzene rings is 1. The van der Waals surface area contributed by atoms with Crippen LogP contribution in [0.2, 0.25) is 0 Å². The number of carbonyl (C=O) groups excluding carboxylic acids is 1. The zero-order chi connectivity index (χ0) is 21.8. The molecule has 1 fully saturated rings. The molecule has 158 valence electrons. The second-order valence-corrected chi connectivity index (χ2v) is 7.60. The SMILES string of the molecule is O=C(c1ccccn1)N1CCC[C@H]1c1nc(Nc2ccccc2)cc(-c2cccnc2)n1. The highest BCUT2D eigenvalue weighted by atomic mass is 16.2. The minimum atomic E-state index is -0.211. The van der Waals surface area contributed by atoms with Gasteiger partial charge in [-0.25, -0.2) is 9.97 Å². The van der Waals surface area contributed by atoms with Crippen molar-refractivity contribution in [2.45, 2.75) is 18.9 Å². The molecule has 1 N–H and O–H groups in total. The summed E-state index contributed by atoms with van der Waals surface area (Å²) in [5, 5.41) is 3.37. The lowest BCUT2D eigenvalue weighted by molar-refractivity contribution is 0.0724. The standard InChI is InChI=1S/C25H22N6O/c32-25(20-11-4-5-14-27-20)31-15-7-12-22(31)24-29-21(18-8-6-13-26-17-18)16-23(30-24)28-19-9-2-1-3-10-19/h1-6,8-11,13-14,16-17,22H,7,12,15H2,(H,28,29,30)/t22-/m0/s1. The van der Waals surface area contributed by atoms with E-state index in [2.05, 4.69) is 15.3 Å². The molecule has 7 nitrogen and oxygen atoms in total.